The largest absolute Gasteiger partial charge is 0.329 e. The van der Waals surface area contributed by atoms with E-state index < -0.39 is 6.04 Å². The Balaban J connectivity index is 1.36. The number of imidazole rings is 1. The van der Waals surface area contributed by atoms with E-state index in [1.165, 1.54) is 13.1 Å². The average molecular weight is 412 g/mol. The van der Waals surface area contributed by atoms with Crippen LogP contribution in [-0.4, -0.2) is 58.6 Å². The highest BCUT2D eigenvalue weighted by Gasteiger charge is 2.35. The molecule has 2 aromatic rings. The van der Waals surface area contributed by atoms with Gasteiger partial charge in [-0.25, -0.2) is 4.79 Å². The van der Waals surface area contributed by atoms with E-state index in [1.54, 1.807) is 16.2 Å². The number of benzene rings is 1. The molecule has 0 aliphatic carbocycles. The van der Waals surface area contributed by atoms with E-state index in [9.17, 15) is 14.4 Å². The number of nitrogens with zero attached hydrogens (tertiary/aromatic N) is 3. The maximum Gasteiger partial charge on any atom is 0.329 e. The number of hydrogen-bond acceptors (Lipinski definition) is 5. The molecule has 2 amide bonds. The second kappa shape index (κ2) is 7.67. The number of imide groups is 1. The lowest BCUT2D eigenvalue weighted by molar-refractivity contribution is -0.135. The van der Waals surface area contributed by atoms with Crippen molar-refractivity contribution >= 4 is 22.8 Å². The van der Waals surface area contributed by atoms with Crippen LogP contribution in [0.5, 0.6) is 0 Å². The number of aromatic nitrogens is 2. The van der Waals surface area contributed by atoms with Gasteiger partial charge < -0.3 is 10.2 Å². The molecule has 30 heavy (non-hydrogen) atoms. The van der Waals surface area contributed by atoms with Crippen LogP contribution in [0.15, 0.2) is 23.0 Å². The summed E-state index contributed by atoms with van der Waals surface area (Å²) in [5.41, 5.74) is 2.61. The summed E-state index contributed by atoms with van der Waals surface area (Å²) in [4.78, 5) is 39.5. The molecule has 2 N–H and O–H groups in total. The summed E-state index contributed by atoms with van der Waals surface area (Å²) in [5, 5.41) is 5.85. The monoisotopic (exact) mass is 411 g/mol. The van der Waals surface area contributed by atoms with Gasteiger partial charge in [0.15, 0.2) is 0 Å². The lowest BCUT2D eigenvalue weighted by Crippen LogP contribution is -2.44. The molecule has 0 bridgehead atoms. The van der Waals surface area contributed by atoms with Crippen LogP contribution in [-0.2, 0) is 23.1 Å². The van der Waals surface area contributed by atoms with Crippen molar-refractivity contribution in [2.45, 2.75) is 31.7 Å². The predicted octanol–water partition coefficient (Wildman–Crippen LogP) is 0.402. The van der Waals surface area contributed by atoms with Crippen molar-refractivity contribution < 1.29 is 9.59 Å². The minimum Gasteiger partial charge on any atom is -0.316 e. The van der Waals surface area contributed by atoms with Crippen molar-refractivity contribution in [3.63, 3.8) is 0 Å². The first-order valence-corrected chi connectivity index (χ1v) is 11.0. The molecule has 8 nitrogen and oxygen atoms in total. The third-order valence-electron chi connectivity index (χ3n) is 7.09. The van der Waals surface area contributed by atoms with Crippen LogP contribution >= 0.6 is 0 Å². The first-order valence-electron chi connectivity index (χ1n) is 11.0. The summed E-state index contributed by atoms with van der Waals surface area (Å²) in [6, 6.07) is 5.32. The number of amides is 2. The highest BCUT2D eigenvalue weighted by atomic mass is 16.2. The number of rotatable bonds is 5. The molecule has 1 aromatic heterocycles. The van der Waals surface area contributed by atoms with E-state index in [1.807, 2.05) is 12.1 Å². The molecule has 160 valence electrons. The summed E-state index contributed by atoms with van der Waals surface area (Å²) in [6.45, 7) is 5.75. The van der Waals surface area contributed by atoms with Crippen molar-refractivity contribution in [2.24, 2.45) is 18.9 Å². The van der Waals surface area contributed by atoms with Gasteiger partial charge in [-0.15, -0.1) is 0 Å². The zero-order valence-electron chi connectivity index (χ0n) is 17.4. The van der Waals surface area contributed by atoms with E-state index in [4.69, 9.17) is 0 Å². The third-order valence-corrected chi connectivity index (χ3v) is 7.09. The highest BCUT2D eigenvalue weighted by Crippen LogP contribution is 2.28. The molecule has 0 spiro atoms. The first kappa shape index (κ1) is 19.5. The maximum absolute atomic E-state index is 13.0. The molecule has 3 aliphatic rings. The van der Waals surface area contributed by atoms with Gasteiger partial charge >= 0.3 is 5.69 Å². The van der Waals surface area contributed by atoms with E-state index in [0.29, 0.717) is 6.42 Å². The number of likely N-dealkylation sites (tertiary alicyclic amines) is 1. The molecule has 8 heteroatoms. The zero-order chi connectivity index (χ0) is 20.8. The van der Waals surface area contributed by atoms with Gasteiger partial charge in [-0.1, -0.05) is 12.1 Å². The molecule has 3 saturated heterocycles. The molecular weight excluding hydrogens is 382 g/mol. The second-order valence-electron chi connectivity index (χ2n) is 9.00. The van der Waals surface area contributed by atoms with Crippen LogP contribution in [0.3, 0.4) is 0 Å². The summed E-state index contributed by atoms with van der Waals surface area (Å²) < 4.78 is 3.22. The van der Waals surface area contributed by atoms with E-state index in [-0.39, 0.29) is 23.9 Å². The molecule has 5 rings (SSSR count). The SMILES string of the molecule is Cn1c(=O)n(C2CCC(=O)NC2=O)c2cccc(CCCN3CC4CNCC4C3)c21. The van der Waals surface area contributed by atoms with Crippen molar-refractivity contribution in [3.8, 4) is 0 Å². The van der Waals surface area contributed by atoms with Crippen LogP contribution < -0.4 is 16.3 Å². The minimum absolute atomic E-state index is 0.202. The molecule has 3 aliphatic heterocycles. The number of fused-ring (bicyclic) bond motifs is 2. The first-order chi connectivity index (χ1) is 14.5. The Morgan fingerprint density at radius 1 is 1.10 bits per heavy atom. The molecule has 3 unspecified atom stereocenters. The van der Waals surface area contributed by atoms with Gasteiger partial charge in [0.05, 0.1) is 11.0 Å². The molecule has 0 radical (unpaired) electrons. The van der Waals surface area contributed by atoms with Gasteiger partial charge in [-0.2, -0.15) is 0 Å². The summed E-state index contributed by atoms with van der Waals surface area (Å²) >= 11 is 0. The number of carbonyl (C=O) groups excluding carboxylic acids is 2. The Kier molecular flexibility index (Phi) is 4.99. The van der Waals surface area contributed by atoms with Gasteiger partial charge in [0, 0.05) is 26.6 Å². The fourth-order valence-corrected chi connectivity index (χ4v) is 5.58. The van der Waals surface area contributed by atoms with Crippen molar-refractivity contribution in [1.29, 1.82) is 0 Å². The topological polar surface area (TPSA) is 88.4 Å². The van der Waals surface area contributed by atoms with Crippen LogP contribution in [0.2, 0.25) is 0 Å². The molecule has 0 saturated carbocycles. The number of hydrogen-bond donors (Lipinski definition) is 2. The van der Waals surface area contributed by atoms with E-state index in [0.717, 1.165) is 60.9 Å². The van der Waals surface area contributed by atoms with Gasteiger partial charge in [0.25, 0.3) is 0 Å². The van der Waals surface area contributed by atoms with Crippen LogP contribution in [0.1, 0.15) is 30.9 Å². The fourth-order valence-electron chi connectivity index (χ4n) is 5.58. The maximum atomic E-state index is 13.0. The van der Waals surface area contributed by atoms with Crippen molar-refractivity contribution in [1.82, 2.24) is 24.7 Å². The van der Waals surface area contributed by atoms with Crippen molar-refractivity contribution in [2.75, 3.05) is 32.7 Å². The summed E-state index contributed by atoms with van der Waals surface area (Å²) in [7, 11) is 1.77. The molecule has 3 fully saturated rings. The number of para-hydroxylation sites is 1. The standard InChI is InChI=1S/C22H29N5O3/c1-25-20-14(5-3-9-26-12-15-10-23-11-16(15)13-26)4-2-6-17(20)27(22(25)30)18-7-8-19(28)24-21(18)29/h2,4,6,15-16,18,23H,3,5,7-13H2,1H3,(H,24,28,29). The van der Waals surface area contributed by atoms with Gasteiger partial charge in [0.2, 0.25) is 11.8 Å². The molecule has 3 atom stereocenters. The molecular formula is C22H29N5O3. The summed E-state index contributed by atoms with van der Waals surface area (Å²) in [6.07, 6.45) is 2.56. The lowest BCUT2D eigenvalue weighted by atomic mass is 10.0. The van der Waals surface area contributed by atoms with Gasteiger partial charge in [-0.3, -0.25) is 24.0 Å². The Hall–Kier alpha value is -2.45. The van der Waals surface area contributed by atoms with Crippen LogP contribution in [0.4, 0.5) is 0 Å². The smallest absolute Gasteiger partial charge is 0.316 e. The van der Waals surface area contributed by atoms with Crippen LogP contribution in [0, 0.1) is 11.8 Å². The lowest BCUT2D eigenvalue weighted by Gasteiger charge is -2.22. The minimum atomic E-state index is -0.633. The van der Waals surface area contributed by atoms with Crippen molar-refractivity contribution in [3.05, 3.63) is 34.2 Å². The Bertz CT molecular complexity index is 1040. The number of piperidine rings is 1. The third kappa shape index (κ3) is 3.28. The fraction of sp³-hybridized carbons (Fsp3) is 0.591. The predicted molar refractivity (Wildman–Crippen MR) is 113 cm³/mol. The molecule has 4 heterocycles. The Labute approximate surface area is 175 Å². The van der Waals surface area contributed by atoms with Gasteiger partial charge in [-0.05, 0) is 62.4 Å². The summed E-state index contributed by atoms with van der Waals surface area (Å²) in [5.74, 6) is 0.945. The number of aryl methyl sites for hydroxylation is 2. The quantitative estimate of drug-likeness (QED) is 0.696. The Morgan fingerprint density at radius 3 is 2.60 bits per heavy atom. The second-order valence-corrected chi connectivity index (χ2v) is 9.00. The van der Waals surface area contributed by atoms with Crippen LogP contribution in [0.25, 0.3) is 11.0 Å². The average Bonchev–Trinajstić information content (AvgIpc) is 3.37. The number of nitrogens with one attached hydrogen (secondary N) is 2. The zero-order valence-corrected chi connectivity index (χ0v) is 17.4. The normalized spacial score (nSPS) is 27.0. The molecule has 1 aromatic carbocycles. The van der Waals surface area contributed by atoms with E-state index >= 15 is 0 Å². The Morgan fingerprint density at radius 2 is 1.87 bits per heavy atom. The number of carbonyl (C=O) groups is 2. The van der Waals surface area contributed by atoms with E-state index in [2.05, 4.69) is 21.6 Å². The van der Waals surface area contributed by atoms with Gasteiger partial charge in [0.1, 0.15) is 6.04 Å². The highest BCUT2D eigenvalue weighted by molar-refractivity contribution is 6.00.